The van der Waals surface area contributed by atoms with Gasteiger partial charge in [0.25, 0.3) is 0 Å². The molecule has 0 atom stereocenters. The minimum absolute atomic E-state index is 0.0157. The molecule has 0 aliphatic carbocycles. The molecule has 3 nitrogen and oxygen atoms in total. The first-order valence-electron chi connectivity index (χ1n) is 6.65. The van der Waals surface area contributed by atoms with Gasteiger partial charge in [-0.2, -0.15) is 0 Å². The molecule has 96 valence electrons. The molecular weight excluding hydrogens is 202 g/mol. The van der Waals surface area contributed by atoms with Crippen molar-refractivity contribution >= 4 is 5.91 Å². The largest absolute Gasteiger partial charge is 0.372 e. The fourth-order valence-electron chi connectivity index (χ4n) is 1.49. The van der Waals surface area contributed by atoms with Crippen LogP contribution in [-0.2, 0) is 9.53 Å². The highest BCUT2D eigenvalue weighted by Crippen LogP contribution is 2.03. The lowest BCUT2D eigenvalue weighted by Gasteiger charge is -2.05. The highest BCUT2D eigenvalue weighted by atomic mass is 16.5. The minimum atomic E-state index is 0.0157. The Labute approximate surface area is 99.9 Å². The van der Waals surface area contributed by atoms with Gasteiger partial charge in [0, 0.05) is 13.2 Å². The van der Waals surface area contributed by atoms with Crippen LogP contribution in [0.15, 0.2) is 0 Å². The van der Waals surface area contributed by atoms with E-state index in [9.17, 15) is 4.79 Å². The molecule has 0 aromatic rings. The summed E-state index contributed by atoms with van der Waals surface area (Å²) in [5.74, 6) is 0.0157. The van der Waals surface area contributed by atoms with Crippen LogP contribution < -0.4 is 5.32 Å². The predicted octanol–water partition coefficient (Wildman–Crippen LogP) is 2.89. The van der Waals surface area contributed by atoms with Crippen LogP contribution in [-0.4, -0.2) is 25.7 Å². The van der Waals surface area contributed by atoms with Crippen LogP contribution in [0, 0.1) is 0 Å². The van der Waals surface area contributed by atoms with Crippen molar-refractivity contribution in [3.05, 3.63) is 0 Å². The summed E-state index contributed by atoms with van der Waals surface area (Å²) in [7, 11) is 0. The lowest BCUT2D eigenvalue weighted by Crippen LogP contribution is -2.28. The van der Waals surface area contributed by atoms with Crippen LogP contribution in [0.5, 0.6) is 0 Å². The lowest BCUT2D eigenvalue weighted by atomic mass is 10.1. The summed E-state index contributed by atoms with van der Waals surface area (Å²) in [4.78, 5) is 11.2. The number of nitrogens with one attached hydrogen (secondary N) is 1. The maximum Gasteiger partial charge on any atom is 0.245 e. The SMILES string of the molecule is CCCCCCCCNC(=O)COCCC. The van der Waals surface area contributed by atoms with Crippen molar-refractivity contribution in [1.29, 1.82) is 0 Å². The van der Waals surface area contributed by atoms with Gasteiger partial charge in [0.1, 0.15) is 6.61 Å². The van der Waals surface area contributed by atoms with Crippen molar-refractivity contribution in [2.45, 2.75) is 58.8 Å². The molecule has 16 heavy (non-hydrogen) atoms. The third-order valence-electron chi connectivity index (χ3n) is 2.43. The first-order chi connectivity index (χ1) is 7.81. The molecular formula is C13H27NO2. The number of amides is 1. The molecule has 0 aliphatic rings. The van der Waals surface area contributed by atoms with Crippen LogP contribution in [0.25, 0.3) is 0 Å². The van der Waals surface area contributed by atoms with Gasteiger partial charge < -0.3 is 10.1 Å². The number of carbonyl (C=O) groups is 1. The van der Waals surface area contributed by atoms with Crippen LogP contribution in [0.1, 0.15) is 58.8 Å². The van der Waals surface area contributed by atoms with E-state index in [0.29, 0.717) is 6.61 Å². The van der Waals surface area contributed by atoms with Crippen LogP contribution in [0.3, 0.4) is 0 Å². The van der Waals surface area contributed by atoms with Crippen LogP contribution in [0.4, 0.5) is 0 Å². The van der Waals surface area contributed by atoms with E-state index < -0.39 is 0 Å². The van der Waals surface area contributed by atoms with Crippen LogP contribution >= 0.6 is 0 Å². The maximum absolute atomic E-state index is 11.2. The number of hydrogen-bond donors (Lipinski definition) is 1. The Bertz CT molecular complexity index is 160. The van der Waals surface area contributed by atoms with Gasteiger partial charge in [-0.1, -0.05) is 46.0 Å². The molecule has 0 aliphatic heterocycles. The Morgan fingerprint density at radius 1 is 1.00 bits per heavy atom. The summed E-state index contributed by atoms with van der Waals surface area (Å²) in [6.45, 7) is 5.93. The summed E-state index contributed by atoms with van der Waals surface area (Å²) in [5, 5.41) is 2.87. The molecule has 0 saturated carbocycles. The Morgan fingerprint density at radius 3 is 2.38 bits per heavy atom. The van der Waals surface area contributed by atoms with E-state index >= 15 is 0 Å². The molecule has 0 rings (SSSR count). The second kappa shape index (κ2) is 12.5. The third kappa shape index (κ3) is 11.5. The number of rotatable bonds is 11. The Hall–Kier alpha value is -0.570. The molecule has 3 heteroatoms. The van der Waals surface area contributed by atoms with Gasteiger partial charge >= 0.3 is 0 Å². The molecule has 0 fully saturated rings. The molecule has 1 amide bonds. The fourth-order valence-corrected chi connectivity index (χ4v) is 1.49. The topological polar surface area (TPSA) is 38.3 Å². The molecule has 0 saturated heterocycles. The fraction of sp³-hybridized carbons (Fsp3) is 0.923. The van der Waals surface area contributed by atoms with Gasteiger partial charge in [0.05, 0.1) is 0 Å². The smallest absolute Gasteiger partial charge is 0.245 e. The van der Waals surface area contributed by atoms with E-state index in [-0.39, 0.29) is 12.5 Å². The van der Waals surface area contributed by atoms with E-state index in [1.54, 1.807) is 0 Å². The highest BCUT2D eigenvalue weighted by Gasteiger charge is 1.99. The average Bonchev–Trinajstić information content (AvgIpc) is 2.28. The monoisotopic (exact) mass is 229 g/mol. The number of hydrogen-bond acceptors (Lipinski definition) is 2. The molecule has 1 N–H and O–H groups in total. The predicted molar refractivity (Wildman–Crippen MR) is 67.5 cm³/mol. The zero-order chi connectivity index (χ0) is 12.1. The van der Waals surface area contributed by atoms with Gasteiger partial charge in [0.15, 0.2) is 0 Å². The van der Waals surface area contributed by atoms with Gasteiger partial charge in [0.2, 0.25) is 5.91 Å². The van der Waals surface area contributed by atoms with Crippen molar-refractivity contribution < 1.29 is 9.53 Å². The zero-order valence-corrected chi connectivity index (χ0v) is 10.9. The Kier molecular flexibility index (Phi) is 12.1. The van der Waals surface area contributed by atoms with E-state index in [4.69, 9.17) is 4.74 Å². The molecule has 0 aromatic carbocycles. The minimum Gasteiger partial charge on any atom is -0.372 e. The summed E-state index contributed by atoms with van der Waals surface area (Å²) < 4.78 is 5.14. The van der Waals surface area contributed by atoms with Crippen molar-refractivity contribution in [3.8, 4) is 0 Å². The highest BCUT2D eigenvalue weighted by molar-refractivity contribution is 5.77. The second-order valence-electron chi connectivity index (χ2n) is 4.17. The Morgan fingerprint density at radius 2 is 1.69 bits per heavy atom. The molecule has 0 spiro atoms. The number of unbranched alkanes of at least 4 members (excludes halogenated alkanes) is 5. The average molecular weight is 229 g/mol. The maximum atomic E-state index is 11.2. The second-order valence-corrected chi connectivity index (χ2v) is 4.17. The zero-order valence-electron chi connectivity index (χ0n) is 10.9. The first kappa shape index (κ1) is 15.4. The van der Waals surface area contributed by atoms with Crippen molar-refractivity contribution in [2.24, 2.45) is 0 Å². The van der Waals surface area contributed by atoms with Crippen molar-refractivity contribution in [1.82, 2.24) is 5.32 Å². The van der Waals surface area contributed by atoms with E-state index in [2.05, 4.69) is 12.2 Å². The molecule has 0 heterocycles. The molecule has 0 unspecified atom stereocenters. The standard InChI is InChI=1S/C13H27NO2/c1-3-5-6-7-8-9-10-14-13(15)12-16-11-4-2/h3-12H2,1-2H3,(H,14,15). The quantitative estimate of drug-likeness (QED) is 0.553. The summed E-state index contributed by atoms with van der Waals surface area (Å²) in [5.41, 5.74) is 0. The van der Waals surface area contributed by atoms with Crippen molar-refractivity contribution in [2.75, 3.05) is 19.8 Å². The van der Waals surface area contributed by atoms with E-state index in [1.807, 2.05) is 6.92 Å². The Balaban J connectivity index is 3.09. The molecule has 0 radical (unpaired) electrons. The normalized spacial score (nSPS) is 10.4. The number of ether oxygens (including phenoxy) is 1. The summed E-state index contributed by atoms with van der Waals surface area (Å²) in [6.07, 6.45) is 8.49. The lowest BCUT2D eigenvalue weighted by molar-refractivity contribution is -0.125. The summed E-state index contributed by atoms with van der Waals surface area (Å²) >= 11 is 0. The summed E-state index contributed by atoms with van der Waals surface area (Å²) in [6, 6.07) is 0. The number of carbonyl (C=O) groups excluding carboxylic acids is 1. The molecule has 0 bridgehead atoms. The molecule has 0 aromatic heterocycles. The van der Waals surface area contributed by atoms with Gasteiger partial charge in [-0.3, -0.25) is 4.79 Å². The van der Waals surface area contributed by atoms with Crippen LogP contribution in [0.2, 0.25) is 0 Å². The van der Waals surface area contributed by atoms with Crippen molar-refractivity contribution in [3.63, 3.8) is 0 Å². The third-order valence-corrected chi connectivity index (χ3v) is 2.43. The first-order valence-corrected chi connectivity index (χ1v) is 6.65. The van der Waals surface area contributed by atoms with Gasteiger partial charge in [-0.05, 0) is 12.8 Å². The van der Waals surface area contributed by atoms with E-state index in [0.717, 1.165) is 19.4 Å². The van der Waals surface area contributed by atoms with E-state index in [1.165, 1.54) is 32.1 Å². The van der Waals surface area contributed by atoms with Gasteiger partial charge in [-0.15, -0.1) is 0 Å². The van der Waals surface area contributed by atoms with Gasteiger partial charge in [-0.25, -0.2) is 0 Å².